The first-order chi connectivity index (χ1) is 21.6. The van der Waals surface area contributed by atoms with E-state index in [4.69, 9.17) is 9.47 Å². The van der Waals surface area contributed by atoms with Crippen LogP contribution in [0.1, 0.15) is 203 Å². The van der Waals surface area contributed by atoms with Gasteiger partial charge in [0.1, 0.15) is 12.2 Å². The van der Waals surface area contributed by atoms with Gasteiger partial charge in [-0.2, -0.15) is 0 Å². The second-order valence-corrected chi connectivity index (χ2v) is 15.3. The van der Waals surface area contributed by atoms with Crippen LogP contribution in [-0.4, -0.2) is 46.3 Å². The van der Waals surface area contributed by atoms with E-state index in [2.05, 4.69) is 66.0 Å². The van der Waals surface area contributed by atoms with Gasteiger partial charge in [-0.25, -0.2) is 0 Å². The third kappa shape index (κ3) is 12.1. The fourth-order valence-electron chi connectivity index (χ4n) is 9.89. The van der Waals surface area contributed by atoms with Crippen molar-refractivity contribution < 1.29 is 19.1 Å². The van der Waals surface area contributed by atoms with Crippen LogP contribution in [0, 0.1) is 0 Å². The highest BCUT2D eigenvalue weighted by Gasteiger charge is 2.48. The van der Waals surface area contributed by atoms with Gasteiger partial charge in [-0.3, -0.25) is 9.59 Å². The van der Waals surface area contributed by atoms with Gasteiger partial charge in [0.15, 0.2) is 0 Å². The summed E-state index contributed by atoms with van der Waals surface area (Å²) in [6.45, 7) is 18.1. The average molecular weight is 635 g/mol. The zero-order valence-electron chi connectivity index (χ0n) is 31.1. The largest absolute Gasteiger partial charge is 0.462 e. The molecule has 2 aliphatic heterocycles. The van der Waals surface area contributed by atoms with Crippen molar-refractivity contribution in [2.45, 2.75) is 237 Å². The van der Waals surface area contributed by atoms with Crippen LogP contribution in [0.3, 0.4) is 0 Å². The maximum absolute atomic E-state index is 13.2. The molecule has 2 heterocycles. The van der Waals surface area contributed by atoms with E-state index in [0.717, 1.165) is 128 Å². The molecule has 0 aromatic heterocycles. The van der Waals surface area contributed by atoms with Gasteiger partial charge in [0, 0.05) is 60.7 Å². The lowest BCUT2D eigenvalue weighted by molar-refractivity contribution is -0.156. The maximum atomic E-state index is 13.2. The van der Waals surface area contributed by atoms with Crippen molar-refractivity contribution in [3.8, 4) is 0 Å². The predicted molar refractivity (Wildman–Crippen MR) is 189 cm³/mol. The van der Waals surface area contributed by atoms with Crippen LogP contribution in [0.4, 0.5) is 0 Å². The highest BCUT2D eigenvalue weighted by molar-refractivity contribution is 5.72. The molecule has 6 nitrogen and oxygen atoms in total. The molecule has 2 fully saturated rings. The van der Waals surface area contributed by atoms with Crippen LogP contribution in [0.25, 0.3) is 0 Å². The Hall–Kier alpha value is -1.14. The zero-order valence-corrected chi connectivity index (χ0v) is 31.1. The van der Waals surface area contributed by atoms with E-state index < -0.39 is 0 Å². The summed E-state index contributed by atoms with van der Waals surface area (Å²) in [7, 11) is 0. The SMILES string of the molecule is CCCC1(CCC)CC(OC(=O)CCCC(=O)OC2CC(CCC)(CCC)NC(CCC)(CCC)C2)CC(CCC)(CCC)N1. The highest BCUT2D eigenvalue weighted by Crippen LogP contribution is 2.42. The van der Waals surface area contributed by atoms with E-state index in [-0.39, 0.29) is 59.1 Å². The van der Waals surface area contributed by atoms with Crippen LogP contribution in [0.15, 0.2) is 0 Å². The molecule has 264 valence electrons. The number of hydrogen-bond donors (Lipinski definition) is 2. The van der Waals surface area contributed by atoms with Crippen molar-refractivity contribution in [2.75, 3.05) is 0 Å². The second kappa shape index (κ2) is 19.6. The monoisotopic (exact) mass is 635 g/mol. The van der Waals surface area contributed by atoms with Crippen molar-refractivity contribution >= 4 is 11.9 Å². The van der Waals surface area contributed by atoms with E-state index in [1.54, 1.807) is 0 Å². The first kappa shape index (κ1) is 40.0. The van der Waals surface area contributed by atoms with Crippen LogP contribution < -0.4 is 10.6 Å². The van der Waals surface area contributed by atoms with Gasteiger partial charge in [-0.1, -0.05) is 107 Å². The Balaban J connectivity index is 2.04. The number of piperidine rings is 2. The fourth-order valence-corrected chi connectivity index (χ4v) is 9.89. The second-order valence-electron chi connectivity index (χ2n) is 15.3. The minimum Gasteiger partial charge on any atom is -0.462 e. The number of carbonyl (C=O) groups is 2. The van der Waals surface area contributed by atoms with Crippen LogP contribution >= 0.6 is 0 Å². The van der Waals surface area contributed by atoms with Gasteiger partial charge in [0.25, 0.3) is 0 Å². The minimum atomic E-state index is -0.157. The van der Waals surface area contributed by atoms with Crippen molar-refractivity contribution in [3.63, 3.8) is 0 Å². The Morgan fingerprint density at radius 3 is 0.889 bits per heavy atom. The summed E-state index contributed by atoms with van der Waals surface area (Å²) in [5.41, 5.74) is 0.132. The zero-order chi connectivity index (χ0) is 33.4. The molecule has 2 aliphatic rings. The van der Waals surface area contributed by atoms with Crippen molar-refractivity contribution in [2.24, 2.45) is 0 Å². The summed E-state index contributed by atoms with van der Waals surface area (Å²) in [6, 6.07) is 0. The van der Waals surface area contributed by atoms with Crippen LogP contribution in [0.5, 0.6) is 0 Å². The molecule has 2 saturated heterocycles. The molecule has 0 atom stereocenters. The number of rotatable bonds is 22. The molecular weight excluding hydrogens is 560 g/mol. The minimum absolute atomic E-state index is 0.0330. The van der Waals surface area contributed by atoms with E-state index in [9.17, 15) is 9.59 Å². The van der Waals surface area contributed by atoms with Crippen molar-refractivity contribution in [1.29, 1.82) is 0 Å². The molecule has 2 rings (SSSR count). The van der Waals surface area contributed by atoms with Gasteiger partial charge in [0.2, 0.25) is 0 Å². The molecule has 6 heteroatoms. The van der Waals surface area contributed by atoms with E-state index in [0.29, 0.717) is 6.42 Å². The first-order valence-electron chi connectivity index (χ1n) is 19.5. The number of nitrogens with one attached hydrogen (secondary N) is 2. The van der Waals surface area contributed by atoms with Gasteiger partial charge >= 0.3 is 11.9 Å². The van der Waals surface area contributed by atoms with Gasteiger partial charge in [-0.05, 0) is 57.8 Å². The molecular formula is C39H74N2O4. The molecule has 45 heavy (non-hydrogen) atoms. The fraction of sp³-hybridized carbons (Fsp3) is 0.949. The lowest BCUT2D eigenvalue weighted by atomic mass is 9.70. The number of esters is 2. The molecule has 0 bridgehead atoms. The third-order valence-corrected chi connectivity index (χ3v) is 10.7. The van der Waals surface area contributed by atoms with Gasteiger partial charge < -0.3 is 20.1 Å². The number of hydrogen-bond acceptors (Lipinski definition) is 6. The lowest BCUT2D eigenvalue weighted by Crippen LogP contribution is -2.64. The van der Waals surface area contributed by atoms with Crippen LogP contribution in [-0.2, 0) is 19.1 Å². The smallest absolute Gasteiger partial charge is 0.306 e. The standard InChI is InChI=1S/C39H74N2O4/c1-9-20-36(21-10-2)28-32(29-37(40-36,22-11-3)23-12-4)44-34(42)18-17-19-35(43)45-33-30-38(24-13-5,25-14-6)41-39(31-33,26-15-7)27-16-8/h32-33,40-41H,9-31H2,1-8H3. The lowest BCUT2D eigenvalue weighted by Gasteiger charge is -2.53. The summed E-state index contributed by atoms with van der Waals surface area (Å²) in [6.07, 6.45) is 22.4. The van der Waals surface area contributed by atoms with E-state index in [1.807, 2.05) is 0 Å². The summed E-state index contributed by atoms with van der Waals surface area (Å²) < 4.78 is 12.5. The van der Waals surface area contributed by atoms with Crippen LogP contribution in [0.2, 0.25) is 0 Å². The first-order valence-corrected chi connectivity index (χ1v) is 19.5. The quantitative estimate of drug-likeness (QED) is 0.115. The van der Waals surface area contributed by atoms with Crippen molar-refractivity contribution in [1.82, 2.24) is 10.6 Å². The van der Waals surface area contributed by atoms with Crippen molar-refractivity contribution in [3.05, 3.63) is 0 Å². The molecule has 0 aliphatic carbocycles. The number of carbonyl (C=O) groups excluding carboxylic acids is 2. The summed E-state index contributed by atoms with van der Waals surface area (Å²) >= 11 is 0. The Labute approximate surface area is 278 Å². The molecule has 0 spiro atoms. The van der Waals surface area contributed by atoms with Gasteiger partial charge in [-0.15, -0.1) is 0 Å². The Kier molecular flexibility index (Phi) is 17.5. The summed E-state index contributed by atoms with van der Waals surface area (Å²) in [4.78, 5) is 26.4. The predicted octanol–water partition coefficient (Wildman–Crippen LogP) is 10.1. The maximum Gasteiger partial charge on any atom is 0.306 e. The van der Waals surface area contributed by atoms with E-state index in [1.165, 1.54) is 0 Å². The molecule has 0 radical (unpaired) electrons. The average Bonchev–Trinajstić information content (AvgIpc) is 2.93. The molecule has 0 saturated carbocycles. The van der Waals surface area contributed by atoms with Gasteiger partial charge in [0.05, 0.1) is 0 Å². The normalized spacial score (nSPS) is 21.0. The number of ether oxygens (including phenoxy) is 2. The molecule has 0 unspecified atom stereocenters. The molecule has 2 N–H and O–H groups in total. The third-order valence-electron chi connectivity index (χ3n) is 10.7. The Morgan fingerprint density at radius 2 is 0.689 bits per heavy atom. The molecule has 0 aromatic rings. The molecule has 0 amide bonds. The van der Waals surface area contributed by atoms with E-state index >= 15 is 0 Å². The Bertz CT molecular complexity index is 718. The summed E-state index contributed by atoms with van der Waals surface area (Å²) in [5.74, 6) is -0.314. The topological polar surface area (TPSA) is 76.7 Å². The summed E-state index contributed by atoms with van der Waals surface area (Å²) in [5, 5.41) is 8.34. The highest BCUT2D eigenvalue weighted by atomic mass is 16.5. The molecule has 0 aromatic carbocycles. The Morgan fingerprint density at radius 1 is 0.467 bits per heavy atom.